The van der Waals surface area contributed by atoms with E-state index in [-0.39, 0.29) is 23.1 Å². The lowest BCUT2D eigenvalue weighted by Crippen LogP contribution is -2.43. The summed E-state index contributed by atoms with van der Waals surface area (Å²) in [5.74, 6) is -0.207. The van der Waals surface area contributed by atoms with Crippen molar-refractivity contribution in [2.24, 2.45) is 0 Å². The number of hydrogen-bond donors (Lipinski definition) is 1. The summed E-state index contributed by atoms with van der Waals surface area (Å²) in [6.45, 7) is 6.26. The Morgan fingerprint density at radius 1 is 1.35 bits per heavy atom. The summed E-state index contributed by atoms with van der Waals surface area (Å²) in [7, 11) is 3.94. The Hall–Kier alpha value is -1.66. The van der Waals surface area contributed by atoms with Gasteiger partial charge in [0.2, 0.25) is 0 Å². The van der Waals surface area contributed by atoms with Crippen LogP contribution in [-0.2, 0) is 4.74 Å². The van der Waals surface area contributed by atoms with Crippen LogP contribution in [0.1, 0.15) is 34.5 Å². The minimum atomic E-state index is -0.310. The molecule has 0 radical (unpaired) electrons. The number of nitrogens with zero attached hydrogens (tertiary/aromatic N) is 2. The number of aromatic amines is 1. The van der Waals surface area contributed by atoms with Gasteiger partial charge in [-0.25, -0.2) is 0 Å². The minimum absolute atomic E-state index is 0.0750. The molecule has 2 heterocycles. The third-order valence-electron chi connectivity index (χ3n) is 4.13. The van der Waals surface area contributed by atoms with Gasteiger partial charge in [0, 0.05) is 31.9 Å². The molecule has 0 aliphatic carbocycles. The van der Waals surface area contributed by atoms with E-state index in [0.29, 0.717) is 13.1 Å². The normalized spacial score (nSPS) is 17.7. The van der Waals surface area contributed by atoms with Gasteiger partial charge in [-0.05, 0) is 52.4 Å². The molecule has 6 heteroatoms. The van der Waals surface area contributed by atoms with Gasteiger partial charge in [-0.15, -0.1) is 0 Å². The van der Waals surface area contributed by atoms with E-state index in [9.17, 15) is 9.59 Å². The van der Waals surface area contributed by atoms with E-state index in [1.807, 2.05) is 38.9 Å². The van der Waals surface area contributed by atoms with Crippen LogP contribution in [0.2, 0.25) is 0 Å². The standard InChI is InChI=1S/C17H27N3O3/c1-12-10-13(2)18-16(21)15(12)17(22)20(8-7-19(3)4)11-14-6-5-9-23-14/h10,14H,5-9,11H2,1-4H3,(H,18,21)/t14-/m1/s1. The molecule has 2 rings (SSSR count). The molecule has 1 fully saturated rings. The monoisotopic (exact) mass is 321 g/mol. The van der Waals surface area contributed by atoms with Gasteiger partial charge >= 0.3 is 0 Å². The van der Waals surface area contributed by atoms with E-state index in [0.717, 1.165) is 37.3 Å². The lowest BCUT2D eigenvalue weighted by Gasteiger charge is -2.27. The number of ether oxygens (including phenoxy) is 1. The molecule has 1 N–H and O–H groups in total. The molecule has 1 aromatic rings. The van der Waals surface area contributed by atoms with Crippen molar-refractivity contribution in [3.8, 4) is 0 Å². The predicted octanol–water partition coefficient (Wildman–Crippen LogP) is 1.17. The van der Waals surface area contributed by atoms with Gasteiger partial charge in [-0.2, -0.15) is 0 Å². The molecule has 128 valence electrons. The number of likely N-dealkylation sites (N-methyl/N-ethyl adjacent to an activating group) is 1. The summed E-state index contributed by atoms with van der Waals surface area (Å²) < 4.78 is 5.66. The highest BCUT2D eigenvalue weighted by molar-refractivity contribution is 5.95. The Bertz CT molecular complexity index is 604. The topological polar surface area (TPSA) is 65.6 Å². The molecular formula is C17H27N3O3. The summed E-state index contributed by atoms with van der Waals surface area (Å²) in [5.41, 5.74) is 1.42. The average Bonchev–Trinajstić information content (AvgIpc) is 2.94. The number of aromatic nitrogens is 1. The lowest BCUT2D eigenvalue weighted by molar-refractivity contribution is 0.0510. The van der Waals surface area contributed by atoms with Gasteiger partial charge in [-0.3, -0.25) is 9.59 Å². The zero-order valence-corrected chi connectivity index (χ0v) is 14.5. The van der Waals surface area contributed by atoms with Crippen molar-refractivity contribution in [1.29, 1.82) is 0 Å². The first-order chi connectivity index (χ1) is 10.9. The number of amides is 1. The molecule has 0 aromatic carbocycles. The Kier molecular flexibility index (Phi) is 5.96. The highest BCUT2D eigenvalue weighted by Gasteiger charge is 2.26. The van der Waals surface area contributed by atoms with Crippen LogP contribution in [0.15, 0.2) is 10.9 Å². The first-order valence-electron chi connectivity index (χ1n) is 8.14. The maximum Gasteiger partial charge on any atom is 0.261 e. The molecular weight excluding hydrogens is 294 g/mol. The second kappa shape index (κ2) is 7.75. The fraction of sp³-hybridized carbons (Fsp3) is 0.647. The smallest absolute Gasteiger partial charge is 0.261 e. The lowest BCUT2D eigenvalue weighted by atomic mass is 10.1. The number of carbonyl (C=O) groups excluding carboxylic acids is 1. The molecule has 1 amide bonds. The van der Waals surface area contributed by atoms with Crippen LogP contribution < -0.4 is 5.56 Å². The van der Waals surface area contributed by atoms with Gasteiger partial charge in [0.05, 0.1) is 6.10 Å². The summed E-state index contributed by atoms with van der Waals surface area (Å²) >= 11 is 0. The zero-order valence-electron chi connectivity index (χ0n) is 14.5. The maximum absolute atomic E-state index is 12.9. The first-order valence-corrected chi connectivity index (χ1v) is 8.14. The van der Waals surface area contributed by atoms with E-state index in [1.54, 1.807) is 4.90 Å². The fourth-order valence-electron chi connectivity index (χ4n) is 2.91. The minimum Gasteiger partial charge on any atom is -0.376 e. The third-order valence-corrected chi connectivity index (χ3v) is 4.13. The van der Waals surface area contributed by atoms with Gasteiger partial charge in [-0.1, -0.05) is 0 Å². The summed E-state index contributed by atoms with van der Waals surface area (Å²) in [5, 5.41) is 0. The molecule has 0 unspecified atom stereocenters. The third kappa shape index (κ3) is 4.65. The molecule has 6 nitrogen and oxygen atoms in total. The van der Waals surface area contributed by atoms with Crippen LogP contribution in [0.5, 0.6) is 0 Å². The molecule has 0 bridgehead atoms. The molecule has 1 saturated heterocycles. The van der Waals surface area contributed by atoms with E-state index in [1.165, 1.54) is 0 Å². The summed E-state index contributed by atoms with van der Waals surface area (Å²) in [4.78, 5) is 31.7. The SMILES string of the molecule is Cc1cc(C)c(C(=O)N(CCN(C)C)C[C@H]2CCCO2)c(=O)[nH]1. The van der Waals surface area contributed by atoms with E-state index in [4.69, 9.17) is 4.74 Å². The van der Waals surface area contributed by atoms with Gasteiger partial charge in [0.1, 0.15) is 5.56 Å². The van der Waals surface area contributed by atoms with Crippen molar-refractivity contribution in [1.82, 2.24) is 14.8 Å². The maximum atomic E-state index is 12.9. The van der Waals surface area contributed by atoms with Gasteiger partial charge < -0.3 is 19.5 Å². The van der Waals surface area contributed by atoms with Crippen LogP contribution in [0.25, 0.3) is 0 Å². The van der Waals surface area contributed by atoms with Crippen molar-refractivity contribution >= 4 is 5.91 Å². The van der Waals surface area contributed by atoms with Crippen LogP contribution in [0.3, 0.4) is 0 Å². The van der Waals surface area contributed by atoms with Crippen molar-refractivity contribution in [2.75, 3.05) is 40.3 Å². The highest BCUT2D eigenvalue weighted by atomic mass is 16.5. The Morgan fingerprint density at radius 3 is 2.65 bits per heavy atom. The second-order valence-electron chi connectivity index (χ2n) is 6.53. The number of carbonyl (C=O) groups is 1. The zero-order chi connectivity index (χ0) is 17.0. The molecule has 0 saturated carbocycles. The van der Waals surface area contributed by atoms with Crippen molar-refractivity contribution in [3.05, 3.63) is 33.2 Å². The van der Waals surface area contributed by atoms with Gasteiger partial charge in [0.25, 0.3) is 11.5 Å². The summed E-state index contributed by atoms with van der Waals surface area (Å²) in [6.07, 6.45) is 2.07. The number of aryl methyl sites for hydroxylation is 2. The van der Waals surface area contributed by atoms with Crippen LogP contribution in [0.4, 0.5) is 0 Å². The van der Waals surface area contributed by atoms with Crippen molar-refractivity contribution < 1.29 is 9.53 Å². The number of nitrogens with one attached hydrogen (secondary N) is 1. The molecule has 1 aromatic heterocycles. The number of pyridine rings is 1. The number of H-pyrrole nitrogens is 1. The fourth-order valence-corrected chi connectivity index (χ4v) is 2.91. The predicted molar refractivity (Wildman–Crippen MR) is 90.0 cm³/mol. The number of hydrogen-bond acceptors (Lipinski definition) is 4. The Balaban J connectivity index is 2.22. The average molecular weight is 321 g/mol. The van der Waals surface area contributed by atoms with E-state index >= 15 is 0 Å². The Labute approximate surface area is 137 Å². The molecule has 0 spiro atoms. The summed E-state index contributed by atoms with van der Waals surface area (Å²) in [6, 6.07) is 1.84. The van der Waals surface area contributed by atoms with Crippen molar-refractivity contribution in [3.63, 3.8) is 0 Å². The quantitative estimate of drug-likeness (QED) is 0.854. The number of rotatable bonds is 6. The van der Waals surface area contributed by atoms with Crippen molar-refractivity contribution in [2.45, 2.75) is 32.8 Å². The molecule has 1 aliphatic rings. The molecule has 1 atom stereocenters. The largest absolute Gasteiger partial charge is 0.376 e. The van der Waals surface area contributed by atoms with E-state index in [2.05, 4.69) is 4.98 Å². The molecule has 1 aliphatic heterocycles. The second-order valence-corrected chi connectivity index (χ2v) is 6.53. The van der Waals surface area contributed by atoms with E-state index < -0.39 is 0 Å². The first kappa shape index (κ1) is 17.7. The van der Waals surface area contributed by atoms with Crippen LogP contribution >= 0.6 is 0 Å². The van der Waals surface area contributed by atoms with Crippen LogP contribution in [0, 0.1) is 13.8 Å². The molecule has 23 heavy (non-hydrogen) atoms. The Morgan fingerprint density at radius 2 is 2.09 bits per heavy atom. The van der Waals surface area contributed by atoms with Gasteiger partial charge in [0.15, 0.2) is 0 Å². The van der Waals surface area contributed by atoms with Crippen LogP contribution in [-0.4, -0.2) is 67.1 Å². The highest BCUT2D eigenvalue weighted by Crippen LogP contribution is 2.15.